The number of nitrogens with one attached hydrogen (secondary N) is 1. The van der Waals surface area contributed by atoms with Gasteiger partial charge in [-0.15, -0.1) is 11.3 Å². The van der Waals surface area contributed by atoms with E-state index in [1.54, 1.807) is 0 Å². The molecule has 0 fully saturated rings. The highest BCUT2D eigenvalue weighted by Gasteiger charge is 2.11. The predicted molar refractivity (Wildman–Crippen MR) is 37.6 cm³/mol. The zero-order chi connectivity index (χ0) is 7.78. The lowest BCUT2D eigenvalue weighted by atomic mass is 10.6. The van der Waals surface area contributed by atoms with Crippen LogP contribution in [0.15, 0.2) is 15.7 Å². The van der Waals surface area contributed by atoms with Gasteiger partial charge in [-0.25, -0.2) is 18.5 Å². The molecule has 10 heavy (non-hydrogen) atoms. The van der Waals surface area contributed by atoms with Gasteiger partial charge in [0.2, 0.25) is 0 Å². The number of halogens is 1. The van der Waals surface area contributed by atoms with Crippen LogP contribution in [0.4, 0.5) is 4.39 Å². The molecule has 0 saturated heterocycles. The van der Waals surface area contributed by atoms with Crippen LogP contribution >= 0.6 is 11.3 Å². The molecule has 3 N–H and O–H groups in total. The van der Waals surface area contributed by atoms with E-state index >= 15 is 0 Å². The molecule has 0 radical (unpaired) electrons. The summed E-state index contributed by atoms with van der Waals surface area (Å²) in [5.41, 5.74) is 0. The molecule has 1 aromatic rings. The first-order chi connectivity index (χ1) is 4.52. The molecule has 1 unspecified atom stereocenters. The highest BCUT2D eigenvalue weighted by molar-refractivity contribution is 7.92. The highest BCUT2D eigenvalue weighted by Crippen LogP contribution is 2.19. The van der Waals surface area contributed by atoms with Gasteiger partial charge < -0.3 is 0 Å². The molecular weight excluding hydrogens is 175 g/mol. The monoisotopic (exact) mass is 180 g/mol. The SMILES string of the molecule is N=S(N)(=O)c1sccc1F. The van der Waals surface area contributed by atoms with Crippen molar-refractivity contribution in [1.29, 1.82) is 4.78 Å². The molecule has 56 valence electrons. The Balaban J connectivity index is 3.32. The van der Waals surface area contributed by atoms with E-state index in [1.165, 1.54) is 5.38 Å². The van der Waals surface area contributed by atoms with Crippen molar-refractivity contribution in [2.75, 3.05) is 0 Å². The Kier molecular flexibility index (Phi) is 1.76. The molecule has 1 rings (SSSR count). The van der Waals surface area contributed by atoms with Gasteiger partial charge in [-0.2, -0.15) is 0 Å². The summed E-state index contributed by atoms with van der Waals surface area (Å²) in [5.74, 6) is -0.660. The summed E-state index contributed by atoms with van der Waals surface area (Å²) in [5, 5.41) is 6.28. The van der Waals surface area contributed by atoms with E-state index in [2.05, 4.69) is 0 Å². The lowest BCUT2D eigenvalue weighted by Gasteiger charge is -1.93. The molecule has 3 nitrogen and oxygen atoms in total. The van der Waals surface area contributed by atoms with E-state index < -0.39 is 15.7 Å². The normalized spacial score (nSPS) is 16.6. The Hall–Kier alpha value is -0.460. The summed E-state index contributed by atoms with van der Waals surface area (Å²) in [6, 6.07) is 1.14. The van der Waals surface area contributed by atoms with Crippen molar-refractivity contribution < 1.29 is 8.60 Å². The Morgan fingerprint density at radius 1 is 1.80 bits per heavy atom. The molecule has 0 aromatic carbocycles. The first-order valence-electron chi connectivity index (χ1n) is 2.31. The van der Waals surface area contributed by atoms with E-state index in [4.69, 9.17) is 9.92 Å². The van der Waals surface area contributed by atoms with Gasteiger partial charge in [-0.05, 0) is 11.4 Å². The summed E-state index contributed by atoms with van der Waals surface area (Å²) < 4.78 is 29.8. The van der Waals surface area contributed by atoms with Crippen molar-refractivity contribution in [3.05, 3.63) is 17.3 Å². The molecular formula is C4H5FN2OS2. The van der Waals surface area contributed by atoms with Gasteiger partial charge in [0.25, 0.3) is 0 Å². The van der Waals surface area contributed by atoms with E-state index in [0.29, 0.717) is 0 Å². The third kappa shape index (κ3) is 1.34. The van der Waals surface area contributed by atoms with Crippen molar-refractivity contribution in [2.24, 2.45) is 5.14 Å². The topological polar surface area (TPSA) is 66.9 Å². The van der Waals surface area contributed by atoms with Gasteiger partial charge in [0, 0.05) is 0 Å². The Bertz CT molecular complexity index is 329. The molecule has 6 heteroatoms. The maximum Gasteiger partial charge on any atom is 0.152 e. The second-order valence-electron chi connectivity index (χ2n) is 1.66. The Labute approximate surface area is 61.8 Å². The van der Waals surface area contributed by atoms with Crippen LogP contribution in [-0.4, -0.2) is 4.21 Å². The fourth-order valence-electron chi connectivity index (χ4n) is 0.496. The summed E-state index contributed by atoms with van der Waals surface area (Å²) in [6.07, 6.45) is 0. The van der Waals surface area contributed by atoms with Crippen LogP contribution in [0, 0.1) is 10.6 Å². The van der Waals surface area contributed by atoms with Gasteiger partial charge in [-0.1, -0.05) is 0 Å². The number of hydrogen-bond acceptors (Lipinski definition) is 3. The van der Waals surface area contributed by atoms with E-state index in [0.717, 1.165) is 17.4 Å². The minimum atomic E-state index is -3.35. The summed E-state index contributed by atoms with van der Waals surface area (Å²) in [6.45, 7) is 0. The lowest BCUT2D eigenvalue weighted by molar-refractivity contribution is 0.604. The largest absolute Gasteiger partial charge is 0.240 e. The van der Waals surface area contributed by atoms with Crippen LogP contribution in [0.25, 0.3) is 0 Å². The number of hydrogen-bond donors (Lipinski definition) is 2. The van der Waals surface area contributed by atoms with E-state index in [9.17, 15) is 8.60 Å². The van der Waals surface area contributed by atoms with Gasteiger partial charge in [0.05, 0.1) is 0 Å². The number of rotatable bonds is 1. The molecule has 0 aliphatic rings. The quantitative estimate of drug-likeness (QED) is 0.669. The van der Waals surface area contributed by atoms with Gasteiger partial charge in [-0.3, -0.25) is 0 Å². The van der Waals surface area contributed by atoms with Crippen LogP contribution in [-0.2, 0) is 9.92 Å². The van der Waals surface area contributed by atoms with E-state index in [-0.39, 0.29) is 4.21 Å². The Morgan fingerprint density at radius 3 is 2.60 bits per heavy atom. The fourth-order valence-corrected chi connectivity index (χ4v) is 2.08. The first-order valence-corrected chi connectivity index (χ1v) is 4.81. The number of thiophene rings is 1. The zero-order valence-corrected chi connectivity index (χ0v) is 6.47. The number of nitrogens with two attached hydrogens (primary N) is 1. The maximum absolute atomic E-state index is 12.5. The molecule has 0 saturated carbocycles. The molecule has 1 atom stereocenters. The zero-order valence-electron chi connectivity index (χ0n) is 4.83. The fraction of sp³-hybridized carbons (Fsp3) is 0. The highest BCUT2D eigenvalue weighted by atomic mass is 32.2. The second kappa shape index (κ2) is 2.30. The Morgan fingerprint density at radius 2 is 2.40 bits per heavy atom. The minimum absolute atomic E-state index is 0.187. The standard InChI is InChI=1S/C4H5FN2OS2/c5-3-1-2-9-4(3)10(6,7)8/h1-2H,(H3,6,7,8). The van der Waals surface area contributed by atoms with Crippen LogP contribution < -0.4 is 5.14 Å². The second-order valence-corrected chi connectivity index (χ2v) is 4.44. The van der Waals surface area contributed by atoms with Crippen molar-refractivity contribution >= 4 is 21.3 Å². The molecule has 1 aromatic heterocycles. The smallest absolute Gasteiger partial charge is 0.152 e. The third-order valence-corrected chi connectivity index (χ3v) is 3.32. The van der Waals surface area contributed by atoms with Crippen LogP contribution in [0.1, 0.15) is 0 Å². The molecule has 0 amide bonds. The summed E-state index contributed by atoms with van der Waals surface area (Å²) >= 11 is 0.894. The van der Waals surface area contributed by atoms with Crippen molar-refractivity contribution in [3.63, 3.8) is 0 Å². The molecule has 0 bridgehead atoms. The molecule has 0 spiro atoms. The van der Waals surface area contributed by atoms with Crippen LogP contribution in [0.2, 0.25) is 0 Å². The first kappa shape index (κ1) is 7.64. The van der Waals surface area contributed by atoms with Crippen molar-refractivity contribution in [1.82, 2.24) is 0 Å². The van der Waals surface area contributed by atoms with Crippen LogP contribution in [0.5, 0.6) is 0 Å². The minimum Gasteiger partial charge on any atom is -0.240 e. The van der Waals surface area contributed by atoms with Crippen LogP contribution in [0.3, 0.4) is 0 Å². The predicted octanol–water partition coefficient (Wildman–Crippen LogP) is 1.17. The van der Waals surface area contributed by atoms with Gasteiger partial charge >= 0.3 is 0 Å². The average Bonchev–Trinajstić information content (AvgIpc) is 2.11. The van der Waals surface area contributed by atoms with Crippen molar-refractivity contribution in [3.8, 4) is 0 Å². The summed E-state index contributed by atoms with van der Waals surface area (Å²) in [4.78, 5) is 0. The summed E-state index contributed by atoms with van der Waals surface area (Å²) in [7, 11) is -3.35. The lowest BCUT2D eigenvalue weighted by Crippen LogP contribution is -2.09. The third-order valence-electron chi connectivity index (χ3n) is 0.860. The molecule has 1 heterocycles. The average molecular weight is 180 g/mol. The molecule has 0 aliphatic heterocycles. The van der Waals surface area contributed by atoms with Gasteiger partial charge in [0.1, 0.15) is 14.1 Å². The van der Waals surface area contributed by atoms with Gasteiger partial charge in [0.15, 0.2) is 5.82 Å². The maximum atomic E-state index is 12.5. The van der Waals surface area contributed by atoms with Crippen molar-refractivity contribution in [2.45, 2.75) is 4.21 Å². The van der Waals surface area contributed by atoms with E-state index in [1.807, 2.05) is 0 Å². The molecule has 0 aliphatic carbocycles.